The number of ether oxygens (including phenoxy) is 1. The standard InChI is InChI=1S/C19H19N5OS/c1-4-25-16-11-7-13(8-12-16)17-20-21-19-24(17)22-18(26-19)14-5-9-15(10-6-14)23(2)3/h5-12H,4H2,1-3H3. The van der Waals surface area contributed by atoms with Crippen molar-refractivity contribution in [2.75, 3.05) is 25.6 Å². The van der Waals surface area contributed by atoms with E-state index in [0.717, 1.165) is 38.4 Å². The van der Waals surface area contributed by atoms with Gasteiger partial charge in [0.25, 0.3) is 0 Å². The van der Waals surface area contributed by atoms with Crippen molar-refractivity contribution in [2.24, 2.45) is 0 Å². The quantitative estimate of drug-likeness (QED) is 0.535. The molecule has 0 radical (unpaired) electrons. The number of rotatable bonds is 5. The van der Waals surface area contributed by atoms with Gasteiger partial charge in [-0.3, -0.25) is 0 Å². The largest absolute Gasteiger partial charge is 0.494 e. The highest BCUT2D eigenvalue weighted by Crippen LogP contribution is 2.29. The first-order valence-electron chi connectivity index (χ1n) is 8.39. The van der Waals surface area contributed by atoms with Crippen molar-refractivity contribution in [3.05, 3.63) is 48.5 Å². The number of benzene rings is 2. The second-order valence-electron chi connectivity index (χ2n) is 6.02. The van der Waals surface area contributed by atoms with E-state index in [0.29, 0.717) is 6.61 Å². The summed E-state index contributed by atoms with van der Waals surface area (Å²) in [5, 5.41) is 14.2. The predicted octanol–water partition coefficient (Wildman–Crippen LogP) is 3.98. The van der Waals surface area contributed by atoms with Gasteiger partial charge in [-0.1, -0.05) is 11.3 Å². The van der Waals surface area contributed by atoms with Gasteiger partial charge in [0, 0.05) is 30.9 Å². The second kappa shape index (κ2) is 6.76. The number of aromatic nitrogens is 4. The van der Waals surface area contributed by atoms with Crippen molar-refractivity contribution >= 4 is 22.0 Å². The van der Waals surface area contributed by atoms with E-state index in [1.165, 1.54) is 11.3 Å². The molecule has 0 atom stereocenters. The van der Waals surface area contributed by atoms with E-state index in [9.17, 15) is 0 Å². The third kappa shape index (κ3) is 3.01. The Labute approximate surface area is 155 Å². The number of anilines is 1. The van der Waals surface area contributed by atoms with Crippen LogP contribution in [0.5, 0.6) is 5.75 Å². The average Bonchev–Trinajstić information content (AvgIpc) is 3.23. The minimum atomic E-state index is 0.649. The van der Waals surface area contributed by atoms with Crippen molar-refractivity contribution in [3.63, 3.8) is 0 Å². The van der Waals surface area contributed by atoms with Crippen LogP contribution in [-0.4, -0.2) is 40.5 Å². The molecule has 0 aliphatic rings. The smallest absolute Gasteiger partial charge is 0.235 e. The SMILES string of the molecule is CCOc1ccc(-c2nnc3sc(-c4ccc(N(C)C)cc4)nn23)cc1. The summed E-state index contributed by atoms with van der Waals surface area (Å²) >= 11 is 1.53. The Bertz CT molecular complexity index is 1020. The predicted molar refractivity (Wildman–Crippen MR) is 105 cm³/mol. The van der Waals surface area contributed by atoms with E-state index >= 15 is 0 Å². The zero-order valence-corrected chi connectivity index (χ0v) is 15.7. The molecule has 26 heavy (non-hydrogen) atoms. The van der Waals surface area contributed by atoms with Crippen LogP contribution in [0.2, 0.25) is 0 Å². The van der Waals surface area contributed by atoms with Crippen LogP contribution in [0.4, 0.5) is 5.69 Å². The molecule has 0 aliphatic carbocycles. The molecule has 0 amide bonds. The van der Waals surface area contributed by atoms with Gasteiger partial charge in [0.2, 0.25) is 4.96 Å². The fourth-order valence-electron chi connectivity index (χ4n) is 2.68. The highest BCUT2D eigenvalue weighted by molar-refractivity contribution is 7.19. The fraction of sp³-hybridized carbons (Fsp3) is 0.211. The van der Waals surface area contributed by atoms with Crippen molar-refractivity contribution in [1.29, 1.82) is 0 Å². The average molecular weight is 365 g/mol. The molecule has 7 heteroatoms. The summed E-state index contributed by atoms with van der Waals surface area (Å²) in [7, 11) is 4.06. The van der Waals surface area contributed by atoms with Crippen LogP contribution < -0.4 is 9.64 Å². The lowest BCUT2D eigenvalue weighted by Gasteiger charge is -2.11. The lowest BCUT2D eigenvalue weighted by molar-refractivity contribution is 0.340. The van der Waals surface area contributed by atoms with Crippen molar-refractivity contribution in [2.45, 2.75) is 6.92 Å². The maximum Gasteiger partial charge on any atom is 0.235 e. The zero-order valence-electron chi connectivity index (χ0n) is 14.9. The molecule has 4 rings (SSSR count). The first-order chi connectivity index (χ1) is 12.7. The fourth-order valence-corrected chi connectivity index (χ4v) is 3.53. The minimum absolute atomic E-state index is 0.649. The third-order valence-electron chi connectivity index (χ3n) is 4.05. The number of hydrogen-bond acceptors (Lipinski definition) is 6. The van der Waals surface area contributed by atoms with Gasteiger partial charge in [-0.25, -0.2) is 0 Å². The van der Waals surface area contributed by atoms with Crippen LogP contribution in [0.1, 0.15) is 6.92 Å². The zero-order chi connectivity index (χ0) is 18.1. The molecule has 0 saturated heterocycles. The molecule has 2 heterocycles. The number of fused-ring (bicyclic) bond motifs is 1. The van der Waals surface area contributed by atoms with Crippen LogP contribution >= 0.6 is 11.3 Å². The summed E-state index contributed by atoms with van der Waals surface area (Å²) in [5.41, 5.74) is 3.19. The molecule has 4 aromatic rings. The molecule has 0 spiro atoms. The first-order valence-corrected chi connectivity index (χ1v) is 9.20. The maximum atomic E-state index is 5.49. The third-order valence-corrected chi connectivity index (χ3v) is 4.99. The molecule has 0 fully saturated rings. The van der Waals surface area contributed by atoms with Crippen LogP contribution in [0.15, 0.2) is 48.5 Å². The summed E-state index contributed by atoms with van der Waals surface area (Å²) in [6.07, 6.45) is 0. The van der Waals surface area contributed by atoms with Crippen molar-refractivity contribution in [1.82, 2.24) is 19.8 Å². The Balaban J connectivity index is 1.68. The molecule has 0 unspecified atom stereocenters. The minimum Gasteiger partial charge on any atom is -0.494 e. The summed E-state index contributed by atoms with van der Waals surface area (Å²) in [6, 6.07) is 16.2. The molecule has 6 nitrogen and oxygen atoms in total. The monoisotopic (exact) mass is 365 g/mol. The molecule has 0 aliphatic heterocycles. The van der Waals surface area contributed by atoms with Gasteiger partial charge in [-0.15, -0.1) is 10.2 Å². The second-order valence-corrected chi connectivity index (χ2v) is 6.98. The first kappa shape index (κ1) is 16.5. The molecule has 0 saturated carbocycles. The number of nitrogens with zero attached hydrogens (tertiary/aromatic N) is 5. The Morgan fingerprint density at radius 3 is 2.31 bits per heavy atom. The van der Waals surface area contributed by atoms with E-state index < -0.39 is 0 Å². The van der Waals surface area contributed by atoms with Crippen molar-refractivity contribution < 1.29 is 4.74 Å². The van der Waals surface area contributed by atoms with Crippen LogP contribution in [0.25, 0.3) is 26.9 Å². The van der Waals surface area contributed by atoms with E-state index in [1.807, 2.05) is 45.3 Å². The van der Waals surface area contributed by atoms with E-state index in [-0.39, 0.29) is 0 Å². The van der Waals surface area contributed by atoms with E-state index in [2.05, 4.69) is 39.4 Å². The molecule has 0 N–H and O–H groups in total. The summed E-state index contributed by atoms with van der Waals surface area (Å²) in [5.74, 6) is 1.58. The molecule has 2 aromatic carbocycles. The van der Waals surface area contributed by atoms with Gasteiger partial charge in [-0.05, 0) is 55.5 Å². The maximum absolute atomic E-state index is 5.49. The molecular weight excluding hydrogens is 346 g/mol. The highest BCUT2D eigenvalue weighted by atomic mass is 32.1. The Hall–Kier alpha value is -2.93. The van der Waals surface area contributed by atoms with Crippen molar-refractivity contribution in [3.8, 4) is 27.7 Å². The van der Waals surface area contributed by atoms with Gasteiger partial charge in [-0.2, -0.15) is 9.61 Å². The highest BCUT2D eigenvalue weighted by Gasteiger charge is 2.14. The Kier molecular flexibility index (Phi) is 4.30. The normalized spacial score (nSPS) is 11.0. The molecule has 2 aromatic heterocycles. The Morgan fingerprint density at radius 2 is 1.65 bits per heavy atom. The summed E-state index contributed by atoms with van der Waals surface area (Å²) in [6.45, 7) is 2.62. The van der Waals surface area contributed by atoms with Crippen LogP contribution in [0, 0.1) is 0 Å². The summed E-state index contributed by atoms with van der Waals surface area (Å²) in [4.78, 5) is 2.85. The van der Waals surface area contributed by atoms with Gasteiger partial charge in [0.15, 0.2) is 5.82 Å². The molecule has 0 bridgehead atoms. The van der Waals surface area contributed by atoms with Crippen LogP contribution in [-0.2, 0) is 0 Å². The Morgan fingerprint density at radius 1 is 0.962 bits per heavy atom. The topological polar surface area (TPSA) is 55.6 Å². The van der Waals surface area contributed by atoms with E-state index in [1.54, 1.807) is 4.52 Å². The molecule has 132 valence electrons. The number of hydrogen-bond donors (Lipinski definition) is 0. The van der Waals surface area contributed by atoms with Gasteiger partial charge < -0.3 is 9.64 Å². The van der Waals surface area contributed by atoms with Gasteiger partial charge in [0.05, 0.1) is 6.61 Å². The van der Waals surface area contributed by atoms with Crippen LogP contribution in [0.3, 0.4) is 0 Å². The van der Waals surface area contributed by atoms with E-state index in [4.69, 9.17) is 9.84 Å². The lowest BCUT2D eigenvalue weighted by Crippen LogP contribution is -2.07. The molecular formula is C19H19N5OS. The van der Waals surface area contributed by atoms with Gasteiger partial charge in [0.1, 0.15) is 10.8 Å². The summed E-state index contributed by atoms with van der Waals surface area (Å²) < 4.78 is 7.30. The van der Waals surface area contributed by atoms with Gasteiger partial charge >= 0.3 is 0 Å². The lowest BCUT2D eigenvalue weighted by atomic mass is 10.2.